The van der Waals surface area contributed by atoms with Crippen LogP contribution in [0.5, 0.6) is 0 Å². The highest BCUT2D eigenvalue weighted by atomic mass is 127. The lowest BCUT2D eigenvalue weighted by atomic mass is 9.91. The molecule has 0 radical (unpaired) electrons. The molecule has 0 aromatic heterocycles. The molecule has 0 aliphatic heterocycles. The summed E-state index contributed by atoms with van der Waals surface area (Å²) >= 11 is -0.683. The summed E-state index contributed by atoms with van der Waals surface area (Å²) in [7, 11) is 1.27. The zero-order valence-corrected chi connectivity index (χ0v) is 14.9. The van der Waals surface area contributed by atoms with Gasteiger partial charge in [-0.3, -0.25) is 0 Å². The van der Waals surface area contributed by atoms with Crippen LogP contribution in [0.15, 0.2) is 24.3 Å². The Morgan fingerprint density at radius 2 is 1.00 bits per heavy atom. The lowest BCUT2D eigenvalue weighted by molar-refractivity contribution is -0.417. The molecular formula is C13H8F12IN. The van der Waals surface area contributed by atoms with Crippen molar-refractivity contribution in [3.63, 3.8) is 0 Å². The highest BCUT2D eigenvalue weighted by Crippen LogP contribution is 2.62. The van der Waals surface area contributed by atoms with E-state index in [-0.39, 0.29) is 17.8 Å². The molecule has 0 saturated carbocycles. The molecule has 1 aromatic carbocycles. The Kier molecular flexibility index (Phi) is 5.99. The first-order valence-electron chi connectivity index (χ1n) is 6.53. The van der Waals surface area contributed by atoms with Crippen LogP contribution in [0.2, 0.25) is 0 Å². The summed E-state index contributed by atoms with van der Waals surface area (Å²) < 4.78 is 154. The average Bonchev–Trinajstić information content (AvgIpc) is 2.53. The first-order chi connectivity index (χ1) is 11.8. The van der Waals surface area contributed by atoms with Crippen LogP contribution in [-0.2, 0) is 5.92 Å². The Hall–Kier alpha value is -1.09. The lowest BCUT2D eigenvalue weighted by Gasteiger charge is -2.40. The van der Waals surface area contributed by atoms with E-state index in [1.807, 2.05) is 0 Å². The summed E-state index contributed by atoms with van der Waals surface area (Å²) in [6.07, 6.45) is 0. The van der Waals surface area contributed by atoms with Crippen molar-refractivity contribution in [2.75, 3.05) is 12.4 Å². The van der Waals surface area contributed by atoms with Crippen LogP contribution < -0.4 is 5.32 Å². The van der Waals surface area contributed by atoms with Gasteiger partial charge in [0.1, 0.15) is 0 Å². The SMILES string of the molecule is CNc1ccc(C(F)(F)C(F)(F)C(F)(F)C(F)(F)C(F)(F)C(F)(F)I)cc1. The second-order valence-corrected chi connectivity index (χ2v) is 6.55. The number of alkyl halides is 13. The van der Waals surface area contributed by atoms with Gasteiger partial charge in [-0.05, 0) is 12.1 Å². The van der Waals surface area contributed by atoms with Crippen LogP contribution in [0.3, 0.4) is 0 Å². The molecule has 156 valence electrons. The summed E-state index contributed by atoms with van der Waals surface area (Å²) in [4.78, 5) is 0. The van der Waals surface area contributed by atoms with E-state index in [1.165, 1.54) is 7.05 Å². The molecule has 0 unspecified atom stereocenters. The first-order valence-corrected chi connectivity index (χ1v) is 7.61. The van der Waals surface area contributed by atoms with E-state index in [9.17, 15) is 52.7 Å². The van der Waals surface area contributed by atoms with Gasteiger partial charge in [0.2, 0.25) is 0 Å². The highest BCUT2D eigenvalue weighted by molar-refractivity contribution is 14.1. The van der Waals surface area contributed by atoms with Crippen molar-refractivity contribution >= 4 is 28.3 Å². The molecule has 0 aliphatic carbocycles. The van der Waals surface area contributed by atoms with E-state index in [0.29, 0.717) is 12.1 Å². The molecule has 1 rings (SSSR count). The first kappa shape index (κ1) is 23.9. The number of benzene rings is 1. The fourth-order valence-corrected chi connectivity index (χ4v) is 2.14. The second-order valence-electron chi connectivity index (χ2n) is 5.20. The maximum absolute atomic E-state index is 13.9. The topological polar surface area (TPSA) is 12.0 Å². The van der Waals surface area contributed by atoms with Gasteiger partial charge in [-0.2, -0.15) is 52.7 Å². The van der Waals surface area contributed by atoms with Crippen LogP contribution >= 0.6 is 22.6 Å². The minimum absolute atomic E-state index is 0.0334. The number of hydrogen-bond donors (Lipinski definition) is 1. The van der Waals surface area contributed by atoms with Crippen molar-refractivity contribution in [1.82, 2.24) is 0 Å². The minimum atomic E-state index is -7.55. The Balaban J connectivity index is 3.52. The zero-order chi connectivity index (χ0) is 21.7. The zero-order valence-electron chi connectivity index (χ0n) is 12.7. The van der Waals surface area contributed by atoms with Crippen molar-refractivity contribution in [1.29, 1.82) is 0 Å². The molecule has 1 aromatic rings. The Labute approximate surface area is 157 Å². The molecule has 1 nitrogen and oxygen atoms in total. The second kappa shape index (κ2) is 6.76. The maximum atomic E-state index is 13.9. The van der Waals surface area contributed by atoms with Gasteiger partial charge in [0.25, 0.3) is 0 Å². The van der Waals surface area contributed by atoms with Crippen LogP contribution in [0.1, 0.15) is 5.56 Å². The number of halogens is 13. The fourth-order valence-electron chi connectivity index (χ4n) is 1.80. The van der Waals surface area contributed by atoms with Crippen molar-refractivity contribution in [3.8, 4) is 0 Å². The van der Waals surface area contributed by atoms with Gasteiger partial charge in [0, 0.05) is 40.9 Å². The molecule has 0 fully saturated rings. The minimum Gasteiger partial charge on any atom is -0.388 e. The van der Waals surface area contributed by atoms with E-state index in [2.05, 4.69) is 5.32 Å². The van der Waals surface area contributed by atoms with Gasteiger partial charge in [0.15, 0.2) is 0 Å². The van der Waals surface area contributed by atoms with Gasteiger partial charge in [-0.1, -0.05) is 12.1 Å². The van der Waals surface area contributed by atoms with Gasteiger partial charge in [-0.15, -0.1) is 0 Å². The molecular weight excluding hydrogens is 525 g/mol. The lowest BCUT2D eigenvalue weighted by Crippen LogP contribution is -2.69. The third-order valence-electron chi connectivity index (χ3n) is 3.47. The van der Waals surface area contributed by atoms with Crippen molar-refractivity contribution in [2.45, 2.75) is 33.5 Å². The van der Waals surface area contributed by atoms with E-state index >= 15 is 0 Å². The van der Waals surface area contributed by atoms with Crippen LogP contribution in [0.4, 0.5) is 58.4 Å². The maximum Gasteiger partial charge on any atom is 0.387 e. The highest BCUT2D eigenvalue weighted by Gasteiger charge is 2.89. The average molecular weight is 533 g/mol. The number of rotatable bonds is 7. The summed E-state index contributed by atoms with van der Waals surface area (Å²) in [6, 6.07) is 1.67. The normalized spacial score (nSPS) is 15.0. The predicted octanol–water partition coefficient (Wildman–Crippen LogP) is 6.39. The summed E-state index contributed by atoms with van der Waals surface area (Å²) in [5.74, 6) is -35.4. The van der Waals surface area contributed by atoms with Crippen LogP contribution in [0, 0.1) is 0 Å². The number of nitrogens with one attached hydrogen (secondary N) is 1. The summed E-state index contributed by atoms with van der Waals surface area (Å²) in [6.45, 7) is 0. The quantitative estimate of drug-likeness (QED) is 0.244. The van der Waals surface area contributed by atoms with Crippen LogP contribution in [-0.4, -0.2) is 34.7 Å². The van der Waals surface area contributed by atoms with Gasteiger partial charge >= 0.3 is 33.5 Å². The molecule has 0 atom stereocenters. The number of hydrogen-bond acceptors (Lipinski definition) is 1. The standard InChI is InChI=1S/C13H8F12IN/c1-27-7-4-2-6(3-5-7)8(14,15)9(16,17)10(18,19)11(20,21)12(22,23)13(24,25)26/h2-5,27H,1H3. The van der Waals surface area contributed by atoms with E-state index in [4.69, 9.17) is 0 Å². The van der Waals surface area contributed by atoms with Gasteiger partial charge in [-0.25, -0.2) is 0 Å². The third kappa shape index (κ3) is 3.41. The molecule has 0 heterocycles. The third-order valence-corrected chi connectivity index (χ3v) is 4.15. The van der Waals surface area contributed by atoms with E-state index in [0.717, 1.165) is 0 Å². The summed E-state index contributed by atoms with van der Waals surface area (Å²) in [5.41, 5.74) is -1.89. The van der Waals surface area contributed by atoms with E-state index < -0.39 is 61.7 Å². The Morgan fingerprint density at radius 3 is 1.33 bits per heavy atom. The van der Waals surface area contributed by atoms with Crippen molar-refractivity contribution in [2.24, 2.45) is 0 Å². The fraction of sp³-hybridized carbons (Fsp3) is 0.538. The largest absolute Gasteiger partial charge is 0.388 e. The van der Waals surface area contributed by atoms with Crippen LogP contribution in [0.25, 0.3) is 0 Å². The Morgan fingerprint density at radius 1 is 0.630 bits per heavy atom. The van der Waals surface area contributed by atoms with Crippen molar-refractivity contribution in [3.05, 3.63) is 29.8 Å². The molecule has 27 heavy (non-hydrogen) atoms. The predicted molar refractivity (Wildman–Crippen MR) is 78.6 cm³/mol. The molecule has 14 heteroatoms. The molecule has 0 aliphatic rings. The van der Waals surface area contributed by atoms with Crippen molar-refractivity contribution < 1.29 is 52.7 Å². The molecule has 0 bridgehead atoms. The molecule has 1 N–H and O–H groups in total. The number of anilines is 1. The monoisotopic (exact) mass is 533 g/mol. The summed E-state index contributed by atoms with van der Waals surface area (Å²) in [5, 5.41) is 2.35. The molecule has 0 amide bonds. The van der Waals surface area contributed by atoms with E-state index in [1.54, 1.807) is 0 Å². The molecule has 0 saturated heterocycles. The Bertz CT molecular complexity index is 665. The van der Waals surface area contributed by atoms with Gasteiger partial charge in [0.05, 0.1) is 0 Å². The smallest absolute Gasteiger partial charge is 0.387 e. The molecule has 0 spiro atoms. The van der Waals surface area contributed by atoms with Gasteiger partial charge < -0.3 is 5.32 Å².